The molecule has 0 aromatic heterocycles. The predicted molar refractivity (Wildman–Crippen MR) is 110 cm³/mol. The Balaban J connectivity index is 0.00000242. The van der Waals surface area contributed by atoms with Gasteiger partial charge in [-0.3, -0.25) is 5.43 Å². The van der Waals surface area contributed by atoms with Crippen LogP contribution in [-0.2, 0) is 0 Å². The van der Waals surface area contributed by atoms with Crippen LogP contribution in [0.1, 0.15) is 5.56 Å². The molecule has 0 fully saturated rings. The number of nitrogens with zero attached hydrogens (tertiary/aromatic N) is 2. The molecule has 0 atom stereocenters. The Labute approximate surface area is 152 Å². The summed E-state index contributed by atoms with van der Waals surface area (Å²) < 4.78 is 0. The number of hydrogen-bond acceptors (Lipinski definition) is 3. The second-order valence-electron chi connectivity index (χ2n) is 4.12. The maximum Gasteiger partial charge on any atom is 0.182 e. The topological polar surface area (TPSA) is 36.8 Å². The van der Waals surface area contributed by atoms with E-state index in [1.807, 2.05) is 79.1 Å². The van der Waals surface area contributed by atoms with Crippen LogP contribution in [0.25, 0.3) is 6.08 Å². The van der Waals surface area contributed by atoms with Gasteiger partial charge < -0.3 is 0 Å². The van der Waals surface area contributed by atoms with Gasteiger partial charge in [-0.2, -0.15) is 5.10 Å². The highest BCUT2D eigenvalue weighted by Crippen LogP contribution is 2.12. The fourth-order valence-corrected chi connectivity index (χ4v) is 1.93. The lowest BCUT2D eigenvalue weighted by atomic mass is 10.2. The van der Waals surface area contributed by atoms with Gasteiger partial charge in [-0.25, -0.2) is 4.99 Å². The van der Waals surface area contributed by atoms with Gasteiger partial charge in [0.1, 0.15) is 0 Å². The minimum Gasteiger partial charge on any atom is -0.256 e. The summed E-state index contributed by atoms with van der Waals surface area (Å²) in [5, 5.41) is 4.90. The van der Waals surface area contributed by atoms with E-state index in [9.17, 15) is 0 Å². The largest absolute Gasteiger partial charge is 0.256 e. The van der Waals surface area contributed by atoms with E-state index in [1.165, 1.54) is 11.8 Å². The molecule has 0 spiro atoms. The molecule has 114 valence electrons. The van der Waals surface area contributed by atoms with Gasteiger partial charge in [-0.1, -0.05) is 66.4 Å². The van der Waals surface area contributed by atoms with Crippen LogP contribution in [0.15, 0.2) is 76.8 Å². The third-order valence-electron chi connectivity index (χ3n) is 2.59. The Bertz CT molecular complexity index is 625. The molecule has 0 aliphatic rings. The summed E-state index contributed by atoms with van der Waals surface area (Å²) in [6, 6.07) is 19.9. The summed E-state index contributed by atoms with van der Waals surface area (Å²) in [6.45, 7) is 0. The quantitative estimate of drug-likeness (QED) is 0.327. The molecule has 2 aromatic rings. The Kier molecular flexibility index (Phi) is 9.25. The van der Waals surface area contributed by atoms with Gasteiger partial charge in [0.2, 0.25) is 0 Å². The van der Waals surface area contributed by atoms with Gasteiger partial charge in [0.15, 0.2) is 5.17 Å². The summed E-state index contributed by atoms with van der Waals surface area (Å²) in [7, 11) is 0. The molecule has 0 unspecified atom stereocenters. The van der Waals surface area contributed by atoms with Crippen molar-refractivity contribution in [2.75, 3.05) is 6.26 Å². The maximum absolute atomic E-state index is 4.46. The van der Waals surface area contributed by atoms with Crippen LogP contribution in [0, 0.1) is 0 Å². The molecule has 2 rings (SSSR count). The van der Waals surface area contributed by atoms with Crippen molar-refractivity contribution in [3.05, 3.63) is 72.3 Å². The van der Waals surface area contributed by atoms with Crippen molar-refractivity contribution in [1.82, 2.24) is 5.43 Å². The van der Waals surface area contributed by atoms with E-state index in [-0.39, 0.29) is 24.0 Å². The lowest BCUT2D eigenvalue weighted by molar-refractivity contribution is 1.05. The van der Waals surface area contributed by atoms with Crippen LogP contribution < -0.4 is 5.43 Å². The van der Waals surface area contributed by atoms with Crippen molar-refractivity contribution in [3.63, 3.8) is 0 Å². The molecule has 1 N–H and O–H groups in total. The number of hydrazone groups is 1. The van der Waals surface area contributed by atoms with Gasteiger partial charge >= 0.3 is 0 Å². The Morgan fingerprint density at radius 1 is 1.00 bits per heavy atom. The molecule has 0 amide bonds. The summed E-state index contributed by atoms with van der Waals surface area (Å²) in [4.78, 5) is 4.46. The molecule has 2 aromatic carbocycles. The predicted octanol–water partition coefficient (Wildman–Crippen LogP) is 4.94. The Morgan fingerprint density at radius 3 is 2.27 bits per heavy atom. The average Bonchev–Trinajstić information content (AvgIpc) is 2.55. The van der Waals surface area contributed by atoms with E-state index >= 15 is 0 Å². The van der Waals surface area contributed by atoms with E-state index in [0.717, 1.165) is 16.4 Å². The summed E-state index contributed by atoms with van der Waals surface area (Å²) >= 11 is 1.52. The van der Waals surface area contributed by atoms with E-state index in [1.54, 1.807) is 6.21 Å². The van der Waals surface area contributed by atoms with Gasteiger partial charge in [0, 0.05) is 6.21 Å². The van der Waals surface area contributed by atoms with E-state index in [2.05, 4.69) is 15.5 Å². The minimum atomic E-state index is 0. The molecule has 0 saturated carbocycles. The minimum absolute atomic E-state index is 0. The number of aliphatic imine (C=N–C) groups is 1. The molecular weight excluding hydrogens is 405 g/mol. The highest BCUT2D eigenvalue weighted by molar-refractivity contribution is 14.0. The van der Waals surface area contributed by atoms with Crippen molar-refractivity contribution < 1.29 is 0 Å². The highest BCUT2D eigenvalue weighted by atomic mass is 127. The third-order valence-corrected chi connectivity index (χ3v) is 3.16. The molecular formula is C17H18IN3S. The lowest BCUT2D eigenvalue weighted by Crippen LogP contribution is -2.12. The van der Waals surface area contributed by atoms with Crippen LogP contribution in [0.5, 0.6) is 0 Å². The van der Waals surface area contributed by atoms with E-state index in [0.29, 0.717) is 0 Å². The van der Waals surface area contributed by atoms with Crippen molar-refractivity contribution in [2.24, 2.45) is 10.1 Å². The first-order valence-corrected chi connectivity index (χ1v) is 7.79. The molecule has 0 aliphatic carbocycles. The summed E-state index contributed by atoms with van der Waals surface area (Å²) in [5.74, 6) is 0. The van der Waals surface area contributed by atoms with Crippen LogP contribution in [0.3, 0.4) is 0 Å². The number of para-hydroxylation sites is 1. The molecule has 0 saturated heterocycles. The number of thioether (sulfide) groups is 1. The third kappa shape index (κ3) is 6.91. The summed E-state index contributed by atoms with van der Waals surface area (Å²) in [5.41, 5.74) is 4.99. The number of amidine groups is 1. The second-order valence-corrected chi connectivity index (χ2v) is 4.91. The number of halogens is 1. The van der Waals surface area contributed by atoms with Crippen LogP contribution in [0.4, 0.5) is 5.69 Å². The van der Waals surface area contributed by atoms with E-state index in [4.69, 9.17) is 0 Å². The van der Waals surface area contributed by atoms with Gasteiger partial charge in [-0.15, -0.1) is 24.0 Å². The number of allylic oxidation sites excluding steroid dienone is 1. The highest BCUT2D eigenvalue weighted by Gasteiger charge is 1.94. The van der Waals surface area contributed by atoms with Crippen molar-refractivity contribution in [2.45, 2.75) is 0 Å². The van der Waals surface area contributed by atoms with Crippen LogP contribution in [-0.4, -0.2) is 17.6 Å². The zero-order chi connectivity index (χ0) is 14.8. The normalized spacial score (nSPS) is 11.6. The molecule has 0 bridgehead atoms. The lowest BCUT2D eigenvalue weighted by Gasteiger charge is -2.01. The zero-order valence-electron chi connectivity index (χ0n) is 12.2. The molecule has 22 heavy (non-hydrogen) atoms. The molecule has 0 aliphatic heterocycles. The first kappa shape index (κ1) is 18.4. The smallest absolute Gasteiger partial charge is 0.182 e. The van der Waals surface area contributed by atoms with Crippen LogP contribution >= 0.6 is 35.7 Å². The first-order chi connectivity index (χ1) is 10.4. The number of hydrogen-bond donors (Lipinski definition) is 1. The second kappa shape index (κ2) is 11.0. The number of benzene rings is 2. The first-order valence-electron chi connectivity index (χ1n) is 6.57. The number of rotatable bonds is 4. The van der Waals surface area contributed by atoms with Crippen LogP contribution in [0.2, 0.25) is 0 Å². The Hall–Kier alpha value is -1.60. The Morgan fingerprint density at radius 2 is 1.64 bits per heavy atom. The van der Waals surface area contributed by atoms with Gasteiger partial charge in [-0.05, 0) is 30.0 Å². The standard InChI is InChI=1S/C17H17N3S.HI/c1-21-17(19-16-12-6-3-7-13-16)20-18-14-8-11-15-9-4-2-5-10-15;/h2-14H,1H3,(H,19,20);1H. The molecule has 0 heterocycles. The monoisotopic (exact) mass is 423 g/mol. The van der Waals surface area contributed by atoms with Gasteiger partial charge in [0.05, 0.1) is 5.69 Å². The molecule has 0 radical (unpaired) electrons. The fourth-order valence-electron chi connectivity index (χ4n) is 1.59. The average molecular weight is 423 g/mol. The number of nitrogens with one attached hydrogen (secondary N) is 1. The van der Waals surface area contributed by atoms with Crippen molar-refractivity contribution in [1.29, 1.82) is 0 Å². The SMILES string of the molecule is CSC(=Nc1ccccc1)NN=CC=Cc1ccccc1.I. The van der Waals surface area contributed by atoms with E-state index < -0.39 is 0 Å². The van der Waals surface area contributed by atoms with Gasteiger partial charge in [0.25, 0.3) is 0 Å². The maximum atomic E-state index is 4.46. The molecule has 3 nitrogen and oxygen atoms in total. The van der Waals surface area contributed by atoms with Crippen molar-refractivity contribution >= 4 is 58.9 Å². The molecule has 5 heteroatoms. The fraction of sp³-hybridized carbons (Fsp3) is 0.0588. The summed E-state index contributed by atoms with van der Waals surface area (Å²) in [6.07, 6.45) is 7.56. The zero-order valence-corrected chi connectivity index (χ0v) is 15.4. The van der Waals surface area contributed by atoms with Crippen molar-refractivity contribution in [3.8, 4) is 0 Å².